The molecule has 8 heteroatoms. The third-order valence-corrected chi connectivity index (χ3v) is 6.69. The normalized spacial score (nSPS) is 10.6. The van der Waals surface area contributed by atoms with Gasteiger partial charge < -0.3 is 15.3 Å². The van der Waals surface area contributed by atoms with Crippen LogP contribution in [0.5, 0.6) is 0 Å². The molecule has 1 heterocycles. The van der Waals surface area contributed by atoms with Crippen LogP contribution in [-0.2, 0) is 17.8 Å². The maximum atomic E-state index is 13.8. The Morgan fingerprint density at radius 2 is 1.41 bits per heavy atom. The number of carboxylic acid groups (broad SMARTS) is 1. The van der Waals surface area contributed by atoms with Crippen LogP contribution in [0.1, 0.15) is 38.3 Å². The van der Waals surface area contributed by atoms with Crippen molar-refractivity contribution in [1.29, 1.82) is 0 Å². The third-order valence-electron chi connectivity index (χ3n) is 6.32. The van der Waals surface area contributed by atoms with Gasteiger partial charge >= 0.3 is 5.97 Å². The van der Waals surface area contributed by atoms with Crippen molar-refractivity contribution in [3.05, 3.63) is 125 Å². The van der Waals surface area contributed by atoms with Crippen LogP contribution in [0.2, 0.25) is 5.02 Å². The highest BCUT2D eigenvalue weighted by atomic mass is 35.5. The fourth-order valence-electron chi connectivity index (χ4n) is 4.26. The molecule has 0 radical (unpaired) electrons. The molecule has 4 aromatic rings. The summed E-state index contributed by atoms with van der Waals surface area (Å²) in [4.78, 5) is 44.0. The number of benzene rings is 3. The second kappa shape index (κ2) is 13.3. The number of rotatable bonds is 11. The van der Waals surface area contributed by atoms with Crippen molar-refractivity contribution in [1.82, 2.24) is 15.2 Å². The zero-order chi connectivity index (χ0) is 27.6. The number of nitrogens with zero attached hydrogens (tertiary/aromatic N) is 2. The molecule has 4 rings (SSSR count). The zero-order valence-corrected chi connectivity index (χ0v) is 22.0. The highest BCUT2D eigenvalue weighted by Crippen LogP contribution is 2.29. The lowest BCUT2D eigenvalue weighted by molar-refractivity contribution is -0.137. The van der Waals surface area contributed by atoms with E-state index in [9.17, 15) is 19.5 Å². The molecule has 1 aromatic heterocycles. The van der Waals surface area contributed by atoms with E-state index in [4.69, 9.17) is 11.6 Å². The van der Waals surface area contributed by atoms with Gasteiger partial charge in [-0.25, -0.2) is 0 Å². The van der Waals surface area contributed by atoms with Crippen LogP contribution in [0.4, 0.5) is 0 Å². The molecule has 39 heavy (non-hydrogen) atoms. The molecule has 2 N–H and O–H groups in total. The van der Waals surface area contributed by atoms with Crippen molar-refractivity contribution in [2.24, 2.45) is 0 Å². The van der Waals surface area contributed by atoms with E-state index >= 15 is 0 Å². The second-order valence-electron chi connectivity index (χ2n) is 8.91. The average molecular weight is 542 g/mol. The molecule has 3 aromatic carbocycles. The standard InChI is InChI=1S/C31H28ClN3O4/c32-28-12-6-1-7-23(28)21-34-30(38)26-10-4-2-8-24(26)25-9-3-5-11-27(25)31(39)35(20-16-29(36)37)19-15-22-13-17-33-18-14-22/h1-14,17-18H,15-16,19-21H2,(H,34,38)(H,36,37). The average Bonchev–Trinajstić information content (AvgIpc) is 2.96. The van der Waals surface area contributed by atoms with E-state index in [-0.39, 0.29) is 31.3 Å². The minimum Gasteiger partial charge on any atom is -0.481 e. The van der Waals surface area contributed by atoms with Gasteiger partial charge in [0.15, 0.2) is 0 Å². The Labute approximate surface area is 232 Å². The van der Waals surface area contributed by atoms with Crippen LogP contribution in [0.25, 0.3) is 11.1 Å². The second-order valence-corrected chi connectivity index (χ2v) is 9.31. The van der Waals surface area contributed by atoms with Crippen molar-refractivity contribution < 1.29 is 19.5 Å². The monoisotopic (exact) mass is 541 g/mol. The van der Waals surface area contributed by atoms with Gasteiger partial charge in [-0.2, -0.15) is 0 Å². The summed E-state index contributed by atoms with van der Waals surface area (Å²) < 4.78 is 0. The first-order chi connectivity index (χ1) is 18.9. The van der Waals surface area contributed by atoms with Gasteiger partial charge in [0.1, 0.15) is 0 Å². The predicted octanol–water partition coefficient (Wildman–Crippen LogP) is 5.49. The summed E-state index contributed by atoms with van der Waals surface area (Å²) in [5.74, 6) is -1.58. The van der Waals surface area contributed by atoms with E-state index in [0.29, 0.717) is 40.2 Å². The minimum absolute atomic E-state index is 0.0630. The first kappa shape index (κ1) is 27.5. The fourth-order valence-corrected chi connectivity index (χ4v) is 4.46. The molecule has 0 saturated heterocycles. The number of carbonyl (C=O) groups is 3. The molecule has 0 unspecified atom stereocenters. The zero-order valence-electron chi connectivity index (χ0n) is 21.2. The lowest BCUT2D eigenvalue weighted by Gasteiger charge is -2.24. The molecular weight excluding hydrogens is 514 g/mol. The smallest absolute Gasteiger partial charge is 0.305 e. The van der Waals surface area contributed by atoms with Crippen LogP contribution in [0.15, 0.2) is 97.3 Å². The van der Waals surface area contributed by atoms with E-state index in [2.05, 4.69) is 10.3 Å². The lowest BCUT2D eigenvalue weighted by Crippen LogP contribution is -2.35. The molecule has 198 valence electrons. The van der Waals surface area contributed by atoms with Crippen LogP contribution in [0.3, 0.4) is 0 Å². The van der Waals surface area contributed by atoms with Crippen LogP contribution < -0.4 is 5.32 Å². The number of hydrogen-bond acceptors (Lipinski definition) is 4. The molecule has 2 amide bonds. The summed E-state index contributed by atoms with van der Waals surface area (Å²) in [5, 5.41) is 12.8. The van der Waals surface area contributed by atoms with Gasteiger partial charge in [-0.15, -0.1) is 0 Å². The van der Waals surface area contributed by atoms with Gasteiger partial charge in [-0.05, 0) is 59.0 Å². The predicted molar refractivity (Wildman–Crippen MR) is 151 cm³/mol. The summed E-state index contributed by atoms with van der Waals surface area (Å²) in [5.41, 5.74) is 3.79. The summed E-state index contributed by atoms with van der Waals surface area (Å²) in [7, 11) is 0. The molecule has 0 aliphatic rings. The van der Waals surface area contributed by atoms with E-state index in [0.717, 1.165) is 11.1 Å². The van der Waals surface area contributed by atoms with Crippen molar-refractivity contribution in [3.8, 4) is 11.1 Å². The van der Waals surface area contributed by atoms with Gasteiger partial charge in [-0.3, -0.25) is 19.4 Å². The maximum Gasteiger partial charge on any atom is 0.305 e. The summed E-state index contributed by atoms with van der Waals surface area (Å²) in [6.07, 6.45) is 3.74. The Balaban J connectivity index is 1.61. The van der Waals surface area contributed by atoms with Crippen LogP contribution in [0, 0.1) is 0 Å². The summed E-state index contributed by atoms with van der Waals surface area (Å²) in [6.45, 7) is 0.656. The Bertz CT molecular complexity index is 1460. The molecule has 7 nitrogen and oxygen atoms in total. The van der Waals surface area contributed by atoms with E-state index in [1.54, 1.807) is 59.8 Å². The summed E-state index contributed by atoms with van der Waals surface area (Å²) >= 11 is 6.24. The molecule has 0 spiro atoms. The lowest BCUT2D eigenvalue weighted by atomic mass is 9.94. The van der Waals surface area contributed by atoms with Gasteiger partial charge in [-0.1, -0.05) is 66.2 Å². The molecule has 0 bridgehead atoms. The SMILES string of the molecule is O=C(O)CCN(CCc1ccncc1)C(=O)c1ccccc1-c1ccccc1C(=O)NCc1ccccc1Cl. The first-order valence-electron chi connectivity index (χ1n) is 12.5. The molecule has 0 atom stereocenters. The van der Waals surface area contributed by atoms with Crippen molar-refractivity contribution in [2.45, 2.75) is 19.4 Å². The molecule has 0 fully saturated rings. The van der Waals surface area contributed by atoms with Crippen LogP contribution in [-0.4, -0.2) is 45.9 Å². The number of nitrogens with one attached hydrogen (secondary N) is 1. The number of amides is 2. The third kappa shape index (κ3) is 7.30. The quantitative estimate of drug-likeness (QED) is 0.261. The topological polar surface area (TPSA) is 99.6 Å². The Morgan fingerprint density at radius 1 is 0.795 bits per heavy atom. The number of hydrogen-bond donors (Lipinski definition) is 2. The van der Waals surface area contributed by atoms with Crippen molar-refractivity contribution in [2.75, 3.05) is 13.1 Å². The number of aromatic nitrogens is 1. The number of pyridine rings is 1. The van der Waals surface area contributed by atoms with Crippen molar-refractivity contribution in [3.63, 3.8) is 0 Å². The van der Waals surface area contributed by atoms with Gasteiger partial charge in [0, 0.05) is 48.2 Å². The van der Waals surface area contributed by atoms with E-state index < -0.39 is 5.97 Å². The Kier molecular flexibility index (Phi) is 9.43. The number of carbonyl (C=O) groups excluding carboxylic acids is 2. The maximum absolute atomic E-state index is 13.8. The van der Waals surface area contributed by atoms with Gasteiger partial charge in [0.2, 0.25) is 0 Å². The number of aliphatic carboxylic acids is 1. The number of carboxylic acids is 1. The Morgan fingerprint density at radius 3 is 2.10 bits per heavy atom. The first-order valence-corrected chi connectivity index (χ1v) is 12.9. The Hall–Kier alpha value is -4.49. The number of halogens is 1. The largest absolute Gasteiger partial charge is 0.481 e. The molecular formula is C31H28ClN3O4. The van der Waals surface area contributed by atoms with Gasteiger partial charge in [0.05, 0.1) is 6.42 Å². The minimum atomic E-state index is -0.981. The van der Waals surface area contributed by atoms with E-state index in [1.165, 1.54) is 0 Å². The van der Waals surface area contributed by atoms with Crippen molar-refractivity contribution >= 4 is 29.4 Å². The molecule has 0 aliphatic heterocycles. The van der Waals surface area contributed by atoms with Gasteiger partial charge in [0.25, 0.3) is 11.8 Å². The highest BCUT2D eigenvalue weighted by molar-refractivity contribution is 6.31. The van der Waals surface area contributed by atoms with Crippen LogP contribution >= 0.6 is 11.6 Å². The molecule has 0 aliphatic carbocycles. The van der Waals surface area contributed by atoms with E-state index in [1.807, 2.05) is 42.5 Å². The highest BCUT2D eigenvalue weighted by Gasteiger charge is 2.22. The molecule has 0 saturated carbocycles. The summed E-state index contributed by atoms with van der Waals surface area (Å²) in [6, 6.07) is 25.2. The fraction of sp³-hybridized carbons (Fsp3) is 0.161.